The number of piperidine rings is 1. The van der Waals surface area contributed by atoms with Crippen LogP contribution in [0.15, 0.2) is 18.2 Å². The van der Waals surface area contributed by atoms with Crippen molar-refractivity contribution in [3.05, 3.63) is 35.0 Å². The third-order valence-electron chi connectivity index (χ3n) is 6.54. The van der Waals surface area contributed by atoms with E-state index < -0.39 is 0 Å². The van der Waals surface area contributed by atoms with Gasteiger partial charge in [0.15, 0.2) is 0 Å². The van der Waals surface area contributed by atoms with Gasteiger partial charge in [-0.3, -0.25) is 4.90 Å². The Hall–Kier alpha value is -1.32. The largest absolute Gasteiger partial charge is 0.381 e. The molecule has 0 unspecified atom stereocenters. The van der Waals surface area contributed by atoms with E-state index in [1.807, 2.05) is 0 Å². The van der Waals surface area contributed by atoms with Crippen molar-refractivity contribution >= 4 is 10.9 Å². The van der Waals surface area contributed by atoms with Crippen molar-refractivity contribution in [2.45, 2.75) is 32.2 Å². The van der Waals surface area contributed by atoms with Crippen LogP contribution in [0.5, 0.6) is 0 Å². The SMILES string of the molecule is Cc1ccc2c(c1)c1c(n2C)[C@@H]2C[C@@H]3COCC[C@H]3CN2CC1. The molecule has 23 heavy (non-hydrogen) atoms. The molecule has 3 nitrogen and oxygen atoms in total. The van der Waals surface area contributed by atoms with E-state index in [4.69, 9.17) is 4.74 Å². The van der Waals surface area contributed by atoms with E-state index >= 15 is 0 Å². The molecule has 0 amide bonds. The summed E-state index contributed by atoms with van der Waals surface area (Å²) in [7, 11) is 2.27. The summed E-state index contributed by atoms with van der Waals surface area (Å²) in [6, 6.07) is 7.54. The Morgan fingerprint density at radius 2 is 2.13 bits per heavy atom. The number of aryl methyl sites for hydroxylation is 2. The summed E-state index contributed by atoms with van der Waals surface area (Å²) < 4.78 is 8.26. The second-order valence-electron chi connectivity index (χ2n) is 7.82. The predicted molar refractivity (Wildman–Crippen MR) is 92.7 cm³/mol. The molecule has 122 valence electrons. The maximum atomic E-state index is 5.79. The molecule has 1 aromatic carbocycles. The molecule has 0 aliphatic carbocycles. The first-order chi connectivity index (χ1) is 11.2. The second-order valence-corrected chi connectivity index (χ2v) is 7.82. The van der Waals surface area contributed by atoms with Crippen molar-refractivity contribution in [1.29, 1.82) is 0 Å². The minimum absolute atomic E-state index is 0.597. The molecule has 5 rings (SSSR count). The zero-order chi connectivity index (χ0) is 15.6. The molecule has 2 fully saturated rings. The highest BCUT2D eigenvalue weighted by atomic mass is 16.5. The summed E-state index contributed by atoms with van der Waals surface area (Å²) in [5.74, 6) is 1.62. The molecule has 4 heterocycles. The fraction of sp³-hybridized carbons (Fsp3) is 0.600. The van der Waals surface area contributed by atoms with Gasteiger partial charge in [-0.1, -0.05) is 11.6 Å². The Kier molecular flexibility index (Phi) is 3.11. The van der Waals surface area contributed by atoms with Crippen LogP contribution in [-0.4, -0.2) is 35.8 Å². The van der Waals surface area contributed by atoms with Gasteiger partial charge in [0.1, 0.15) is 0 Å². The van der Waals surface area contributed by atoms with E-state index in [1.165, 1.54) is 48.8 Å². The van der Waals surface area contributed by atoms with Gasteiger partial charge in [0.2, 0.25) is 0 Å². The Morgan fingerprint density at radius 1 is 1.22 bits per heavy atom. The summed E-state index contributed by atoms with van der Waals surface area (Å²) in [6.45, 7) is 6.66. The lowest BCUT2D eigenvalue weighted by molar-refractivity contribution is -0.0474. The van der Waals surface area contributed by atoms with Crippen molar-refractivity contribution in [3.8, 4) is 0 Å². The van der Waals surface area contributed by atoms with Gasteiger partial charge in [-0.2, -0.15) is 0 Å². The molecule has 3 atom stereocenters. The quantitative estimate of drug-likeness (QED) is 0.741. The molecule has 2 saturated heterocycles. The predicted octanol–water partition coefficient (Wildman–Crippen LogP) is 3.44. The summed E-state index contributed by atoms with van der Waals surface area (Å²) in [4.78, 5) is 2.76. The van der Waals surface area contributed by atoms with Crippen LogP contribution in [0, 0.1) is 18.8 Å². The highest BCUT2D eigenvalue weighted by Gasteiger charge is 2.41. The summed E-state index contributed by atoms with van der Waals surface area (Å²) in [5, 5.41) is 1.49. The van der Waals surface area contributed by atoms with Crippen LogP contribution in [0.4, 0.5) is 0 Å². The van der Waals surface area contributed by atoms with Gasteiger partial charge >= 0.3 is 0 Å². The molecule has 2 aromatic rings. The number of hydrogen-bond donors (Lipinski definition) is 0. The highest BCUT2D eigenvalue weighted by molar-refractivity contribution is 5.86. The van der Waals surface area contributed by atoms with Crippen molar-refractivity contribution in [2.24, 2.45) is 18.9 Å². The lowest BCUT2D eigenvalue weighted by Gasteiger charge is -2.48. The average Bonchev–Trinajstić information content (AvgIpc) is 2.85. The van der Waals surface area contributed by atoms with Crippen LogP contribution >= 0.6 is 0 Å². The number of nitrogens with zero attached hydrogens (tertiary/aromatic N) is 2. The van der Waals surface area contributed by atoms with Crippen LogP contribution < -0.4 is 0 Å². The first kappa shape index (κ1) is 14.1. The van der Waals surface area contributed by atoms with E-state index in [0.717, 1.165) is 25.0 Å². The normalized spacial score (nSPS) is 30.8. The van der Waals surface area contributed by atoms with Crippen molar-refractivity contribution < 1.29 is 4.74 Å². The fourth-order valence-electron chi connectivity index (χ4n) is 5.34. The molecule has 3 heteroatoms. The fourth-order valence-corrected chi connectivity index (χ4v) is 5.34. The Morgan fingerprint density at radius 3 is 3.04 bits per heavy atom. The first-order valence-electron chi connectivity index (χ1n) is 9.12. The number of fused-ring (bicyclic) bond motifs is 6. The highest BCUT2D eigenvalue weighted by Crippen LogP contribution is 2.45. The second kappa shape index (κ2) is 5.09. The lowest BCUT2D eigenvalue weighted by Crippen LogP contribution is -2.49. The maximum absolute atomic E-state index is 5.79. The minimum Gasteiger partial charge on any atom is -0.381 e. The van der Waals surface area contributed by atoms with Gasteiger partial charge in [-0.15, -0.1) is 0 Å². The number of hydrogen-bond acceptors (Lipinski definition) is 2. The number of benzene rings is 1. The number of aromatic nitrogens is 1. The van der Waals surface area contributed by atoms with Crippen molar-refractivity contribution in [1.82, 2.24) is 9.47 Å². The Labute approximate surface area is 138 Å². The lowest BCUT2D eigenvalue weighted by atomic mass is 9.76. The van der Waals surface area contributed by atoms with Gasteiger partial charge in [0.25, 0.3) is 0 Å². The topological polar surface area (TPSA) is 17.4 Å². The zero-order valence-electron chi connectivity index (χ0n) is 14.2. The van der Waals surface area contributed by atoms with Crippen molar-refractivity contribution in [3.63, 3.8) is 0 Å². The molecular weight excluding hydrogens is 284 g/mol. The van der Waals surface area contributed by atoms with E-state index in [2.05, 4.69) is 41.6 Å². The first-order valence-corrected chi connectivity index (χ1v) is 9.12. The number of rotatable bonds is 0. The standard InChI is InChI=1S/C20H26N2O/c1-13-3-4-18-17(9-13)16-5-7-22-11-14-6-8-23-12-15(14)10-19(22)20(16)21(18)2/h3-4,9,14-15,19H,5-8,10-12H2,1-2H3/t14-,15+,19-/m0/s1. The van der Waals surface area contributed by atoms with Crippen molar-refractivity contribution in [2.75, 3.05) is 26.3 Å². The molecule has 0 N–H and O–H groups in total. The molecule has 3 aliphatic heterocycles. The van der Waals surface area contributed by atoms with Crippen LogP contribution in [0.2, 0.25) is 0 Å². The Bertz CT molecular complexity index is 763. The van der Waals surface area contributed by atoms with Gasteiger partial charge < -0.3 is 9.30 Å². The van der Waals surface area contributed by atoms with Crippen LogP contribution in [0.3, 0.4) is 0 Å². The van der Waals surface area contributed by atoms with E-state index in [0.29, 0.717) is 6.04 Å². The Balaban J connectivity index is 1.61. The molecule has 0 spiro atoms. The van der Waals surface area contributed by atoms with Gasteiger partial charge in [-0.05, 0) is 55.7 Å². The zero-order valence-corrected chi connectivity index (χ0v) is 14.2. The maximum Gasteiger partial charge on any atom is 0.0507 e. The van der Waals surface area contributed by atoms with Crippen LogP contribution in [0.1, 0.15) is 35.7 Å². The van der Waals surface area contributed by atoms with E-state index in [-0.39, 0.29) is 0 Å². The van der Waals surface area contributed by atoms with Gasteiger partial charge in [0, 0.05) is 49.9 Å². The smallest absolute Gasteiger partial charge is 0.0507 e. The summed E-state index contributed by atoms with van der Waals surface area (Å²) in [6.07, 6.45) is 3.75. The van der Waals surface area contributed by atoms with E-state index in [1.54, 1.807) is 11.3 Å². The van der Waals surface area contributed by atoms with Gasteiger partial charge in [0.05, 0.1) is 6.04 Å². The van der Waals surface area contributed by atoms with Crippen LogP contribution in [0.25, 0.3) is 10.9 Å². The average molecular weight is 310 g/mol. The molecule has 1 aromatic heterocycles. The third kappa shape index (κ3) is 2.03. The monoisotopic (exact) mass is 310 g/mol. The molecule has 0 radical (unpaired) electrons. The van der Waals surface area contributed by atoms with Gasteiger partial charge in [-0.25, -0.2) is 0 Å². The molecular formula is C20H26N2O. The molecule has 3 aliphatic rings. The molecule has 0 bridgehead atoms. The van der Waals surface area contributed by atoms with E-state index in [9.17, 15) is 0 Å². The van der Waals surface area contributed by atoms with Crippen LogP contribution in [-0.2, 0) is 18.2 Å². The molecule has 0 saturated carbocycles. The minimum atomic E-state index is 0.597. The third-order valence-corrected chi connectivity index (χ3v) is 6.54. The summed E-state index contributed by atoms with van der Waals surface area (Å²) >= 11 is 0. The number of ether oxygens (including phenoxy) is 1. The summed E-state index contributed by atoms with van der Waals surface area (Å²) in [5.41, 5.74) is 5.98.